The molecular formula is C14H21N3O4S. The average molecular weight is 327 g/mol. The monoisotopic (exact) mass is 327 g/mol. The van der Waals surface area contributed by atoms with Crippen LogP contribution in [0, 0.1) is 5.92 Å². The Balaban J connectivity index is 1.83. The number of hydrogen-bond donors (Lipinski definition) is 3. The molecule has 3 N–H and O–H groups in total. The molecule has 7 nitrogen and oxygen atoms in total. The highest BCUT2D eigenvalue weighted by Crippen LogP contribution is 2.11. The third-order valence-corrected chi connectivity index (χ3v) is 4.92. The van der Waals surface area contributed by atoms with Gasteiger partial charge in [-0.15, -0.1) is 0 Å². The van der Waals surface area contributed by atoms with Gasteiger partial charge < -0.3 is 15.4 Å². The molecule has 0 saturated carbocycles. The van der Waals surface area contributed by atoms with Gasteiger partial charge >= 0.3 is 6.03 Å². The number of urea groups is 1. The summed E-state index contributed by atoms with van der Waals surface area (Å²) >= 11 is 0. The third kappa shape index (κ3) is 4.69. The van der Waals surface area contributed by atoms with Crippen molar-refractivity contribution in [3.05, 3.63) is 29.8 Å². The zero-order valence-corrected chi connectivity index (χ0v) is 13.3. The molecule has 1 saturated heterocycles. The number of amides is 2. The maximum Gasteiger partial charge on any atom is 0.315 e. The number of ether oxygens (including phenoxy) is 1. The lowest BCUT2D eigenvalue weighted by molar-refractivity contribution is 0.185. The van der Waals surface area contributed by atoms with Crippen molar-refractivity contribution < 1.29 is 17.9 Å². The van der Waals surface area contributed by atoms with E-state index in [0.29, 0.717) is 19.1 Å². The fraction of sp³-hybridized carbons (Fsp3) is 0.500. The zero-order valence-electron chi connectivity index (χ0n) is 12.5. The van der Waals surface area contributed by atoms with Crippen LogP contribution in [0.5, 0.6) is 0 Å². The lowest BCUT2D eigenvalue weighted by Gasteiger charge is -2.11. The van der Waals surface area contributed by atoms with E-state index in [0.717, 1.165) is 18.6 Å². The number of carbonyl (C=O) groups excluding carboxylic acids is 1. The molecule has 0 unspecified atom stereocenters. The van der Waals surface area contributed by atoms with Crippen molar-refractivity contribution in [2.75, 3.05) is 26.8 Å². The average Bonchev–Trinajstić information content (AvgIpc) is 3.04. The van der Waals surface area contributed by atoms with Crippen molar-refractivity contribution >= 4 is 16.1 Å². The number of nitrogens with one attached hydrogen (secondary N) is 3. The molecule has 1 fully saturated rings. The van der Waals surface area contributed by atoms with E-state index >= 15 is 0 Å². The van der Waals surface area contributed by atoms with Gasteiger partial charge in [0.05, 0.1) is 11.5 Å². The highest BCUT2D eigenvalue weighted by atomic mass is 32.2. The van der Waals surface area contributed by atoms with Crippen molar-refractivity contribution in [3.63, 3.8) is 0 Å². The first kappa shape index (κ1) is 16.7. The lowest BCUT2D eigenvalue weighted by Crippen LogP contribution is -2.38. The highest BCUT2D eigenvalue weighted by molar-refractivity contribution is 7.89. The van der Waals surface area contributed by atoms with Crippen molar-refractivity contribution in [2.24, 2.45) is 5.92 Å². The Bertz CT molecular complexity index is 612. The fourth-order valence-corrected chi connectivity index (χ4v) is 2.97. The van der Waals surface area contributed by atoms with Crippen LogP contribution < -0.4 is 15.4 Å². The quantitative estimate of drug-likeness (QED) is 0.706. The second-order valence-electron chi connectivity index (χ2n) is 5.15. The predicted octanol–water partition coefficient (Wildman–Crippen LogP) is 0.430. The minimum atomic E-state index is -3.47. The van der Waals surface area contributed by atoms with Gasteiger partial charge in [0.25, 0.3) is 0 Å². The van der Waals surface area contributed by atoms with Crippen LogP contribution in [0.3, 0.4) is 0 Å². The Kier molecular flexibility index (Phi) is 5.76. The summed E-state index contributed by atoms with van der Waals surface area (Å²) in [5, 5.41) is 5.50. The molecule has 22 heavy (non-hydrogen) atoms. The van der Waals surface area contributed by atoms with Gasteiger partial charge in [-0.25, -0.2) is 17.9 Å². The van der Waals surface area contributed by atoms with Crippen molar-refractivity contribution in [2.45, 2.75) is 17.9 Å². The summed E-state index contributed by atoms with van der Waals surface area (Å²) < 4.78 is 30.9. The van der Waals surface area contributed by atoms with Gasteiger partial charge in [-0.2, -0.15) is 0 Å². The molecule has 0 aromatic heterocycles. The summed E-state index contributed by atoms with van der Waals surface area (Å²) in [6.07, 6.45) is 0.963. The minimum Gasteiger partial charge on any atom is -0.381 e. The van der Waals surface area contributed by atoms with Crippen LogP contribution in [0.4, 0.5) is 4.79 Å². The maximum absolute atomic E-state index is 11.7. The maximum atomic E-state index is 11.7. The largest absolute Gasteiger partial charge is 0.381 e. The summed E-state index contributed by atoms with van der Waals surface area (Å²) in [5.74, 6) is 0.370. The van der Waals surface area contributed by atoms with E-state index in [-0.39, 0.29) is 17.5 Å². The topological polar surface area (TPSA) is 96.5 Å². The Morgan fingerprint density at radius 2 is 2.18 bits per heavy atom. The molecule has 1 aliphatic rings. The number of benzene rings is 1. The fourth-order valence-electron chi connectivity index (χ4n) is 2.17. The van der Waals surface area contributed by atoms with Gasteiger partial charge in [0.1, 0.15) is 0 Å². The van der Waals surface area contributed by atoms with Crippen LogP contribution in [-0.4, -0.2) is 41.3 Å². The molecule has 1 aliphatic heterocycles. The number of hydrogen-bond acceptors (Lipinski definition) is 4. The molecular weight excluding hydrogens is 306 g/mol. The van der Waals surface area contributed by atoms with E-state index in [9.17, 15) is 13.2 Å². The zero-order chi connectivity index (χ0) is 16.0. The Hall–Kier alpha value is -1.64. The smallest absolute Gasteiger partial charge is 0.315 e. The minimum absolute atomic E-state index is 0.179. The summed E-state index contributed by atoms with van der Waals surface area (Å²) in [5.41, 5.74) is 0.718. The first-order chi connectivity index (χ1) is 10.5. The van der Waals surface area contributed by atoms with Gasteiger partial charge in [0, 0.05) is 25.6 Å². The first-order valence-corrected chi connectivity index (χ1v) is 8.61. The Labute approximate surface area is 130 Å². The van der Waals surface area contributed by atoms with Crippen LogP contribution >= 0.6 is 0 Å². The molecule has 1 aromatic rings. The Morgan fingerprint density at radius 3 is 2.86 bits per heavy atom. The molecule has 1 aromatic carbocycles. The number of sulfonamides is 1. The van der Waals surface area contributed by atoms with Crippen LogP contribution in [0.1, 0.15) is 12.0 Å². The number of rotatable bonds is 6. The van der Waals surface area contributed by atoms with E-state index in [2.05, 4.69) is 15.4 Å². The molecule has 2 amide bonds. The van der Waals surface area contributed by atoms with Crippen LogP contribution in [0.25, 0.3) is 0 Å². The molecule has 8 heteroatoms. The SMILES string of the molecule is CNS(=O)(=O)c1cccc(CNC(=O)NC[C@@H]2CCOC2)c1. The van der Waals surface area contributed by atoms with E-state index in [1.807, 2.05) is 0 Å². The first-order valence-electron chi connectivity index (χ1n) is 7.13. The Morgan fingerprint density at radius 1 is 1.36 bits per heavy atom. The summed E-state index contributed by atoms with van der Waals surface area (Å²) in [6, 6.07) is 6.19. The normalized spacial score (nSPS) is 18.1. The summed E-state index contributed by atoms with van der Waals surface area (Å²) in [7, 11) is -2.11. The van der Waals surface area contributed by atoms with E-state index in [4.69, 9.17) is 4.74 Å². The standard InChI is InChI=1S/C14H21N3O4S/c1-15-22(19,20)13-4-2-3-11(7-13)8-16-14(18)17-9-12-5-6-21-10-12/h2-4,7,12,15H,5-6,8-10H2,1H3,(H2,16,17,18)/t12-/m0/s1. The van der Waals surface area contributed by atoms with Gasteiger partial charge in [-0.05, 0) is 31.2 Å². The van der Waals surface area contributed by atoms with E-state index in [1.54, 1.807) is 12.1 Å². The third-order valence-electron chi connectivity index (χ3n) is 3.51. The molecule has 2 rings (SSSR count). The second-order valence-corrected chi connectivity index (χ2v) is 7.03. The molecule has 0 aliphatic carbocycles. The predicted molar refractivity (Wildman–Crippen MR) is 81.9 cm³/mol. The molecule has 0 bridgehead atoms. The van der Waals surface area contributed by atoms with Crippen molar-refractivity contribution in [1.29, 1.82) is 0 Å². The molecule has 0 radical (unpaired) electrons. The van der Waals surface area contributed by atoms with Crippen LogP contribution in [0.15, 0.2) is 29.2 Å². The van der Waals surface area contributed by atoms with Crippen LogP contribution in [0.2, 0.25) is 0 Å². The molecule has 122 valence electrons. The van der Waals surface area contributed by atoms with Crippen molar-refractivity contribution in [1.82, 2.24) is 15.4 Å². The summed E-state index contributed by atoms with van der Waals surface area (Å²) in [6.45, 7) is 2.28. The van der Waals surface area contributed by atoms with Gasteiger partial charge in [0.2, 0.25) is 10.0 Å². The van der Waals surface area contributed by atoms with Crippen LogP contribution in [-0.2, 0) is 21.3 Å². The molecule has 1 heterocycles. The van der Waals surface area contributed by atoms with Gasteiger partial charge in [0.15, 0.2) is 0 Å². The van der Waals surface area contributed by atoms with Crippen molar-refractivity contribution in [3.8, 4) is 0 Å². The van der Waals surface area contributed by atoms with E-state index in [1.165, 1.54) is 19.2 Å². The number of carbonyl (C=O) groups is 1. The molecule has 0 spiro atoms. The summed E-state index contributed by atoms with van der Waals surface area (Å²) in [4.78, 5) is 11.9. The highest BCUT2D eigenvalue weighted by Gasteiger charge is 2.16. The lowest BCUT2D eigenvalue weighted by atomic mass is 10.1. The van der Waals surface area contributed by atoms with Gasteiger partial charge in [-0.1, -0.05) is 12.1 Å². The molecule has 1 atom stereocenters. The second kappa shape index (κ2) is 7.57. The van der Waals surface area contributed by atoms with E-state index < -0.39 is 10.0 Å². The van der Waals surface area contributed by atoms with Gasteiger partial charge in [-0.3, -0.25) is 0 Å².